The standard InChI is InChI=1S/C22H26BrN3O3S.ClH/c1-5-25(6-2)11-12-26(21(27)15-9-7-8-10-16(15)23)22-24-17-13-18(28-3)19(29-4)14-20(17)30-22;/h7-10,13-14H,5-6,11-12H2,1-4H3;1H. The van der Waals surface area contributed by atoms with Gasteiger partial charge < -0.3 is 14.4 Å². The Morgan fingerprint density at radius 1 is 1.06 bits per heavy atom. The molecule has 31 heavy (non-hydrogen) atoms. The van der Waals surface area contributed by atoms with Crippen molar-refractivity contribution in [3.63, 3.8) is 0 Å². The molecule has 1 amide bonds. The topological polar surface area (TPSA) is 54.9 Å². The van der Waals surface area contributed by atoms with Crippen molar-refractivity contribution < 1.29 is 14.3 Å². The van der Waals surface area contributed by atoms with Gasteiger partial charge in [0, 0.05) is 29.7 Å². The number of carbonyl (C=O) groups excluding carboxylic acids is 1. The van der Waals surface area contributed by atoms with Crippen LogP contribution in [0.4, 0.5) is 5.13 Å². The van der Waals surface area contributed by atoms with Crippen LogP contribution in [0.5, 0.6) is 11.5 Å². The number of hydrogen-bond donors (Lipinski definition) is 0. The molecular formula is C22H27BrClN3O3S. The van der Waals surface area contributed by atoms with Crippen molar-refractivity contribution in [3.05, 3.63) is 46.4 Å². The van der Waals surface area contributed by atoms with Gasteiger partial charge >= 0.3 is 0 Å². The second-order valence-corrected chi connectivity index (χ2v) is 8.50. The molecule has 1 heterocycles. The van der Waals surface area contributed by atoms with E-state index in [0.29, 0.717) is 28.7 Å². The molecule has 0 saturated heterocycles. The number of halogens is 2. The predicted molar refractivity (Wildman–Crippen MR) is 134 cm³/mol. The van der Waals surface area contributed by atoms with Crippen LogP contribution in [0.2, 0.25) is 0 Å². The van der Waals surface area contributed by atoms with Gasteiger partial charge in [-0.25, -0.2) is 4.98 Å². The molecule has 0 aliphatic carbocycles. The molecule has 3 aromatic rings. The highest BCUT2D eigenvalue weighted by atomic mass is 79.9. The summed E-state index contributed by atoms with van der Waals surface area (Å²) in [6.07, 6.45) is 0. The van der Waals surface area contributed by atoms with E-state index in [1.165, 1.54) is 11.3 Å². The molecule has 3 rings (SSSR count). The van der Waals surface area contributed by atoms with Gasteiger partial charge in [0.25, 0.3) is 5.91 Å². The average Bonchev–Trinajstić information content (AvgIpc) is 3.18. The molecule has 0 bridgehead atoms. The number of nitrogens with zero attached hydrogens (tertiary/aromatic N) is 3. The molecule has 1 aromatic heterocycles. The van der Waals surface area contributed by atoms with Gasteiger partial charge in [0.2, 0.25) is 0 Å². The monoisotopic (exact) mass is 527 g/mol. The van der Waals surface area contributed by atoms with Crippen LogP contribution in [-0.2, 0) is 0 Å². The van der Waals surface area contributed by atoms with E-state index in [1.807, 2.05) is 36.4 Å². The zero-order valence-electron chi connectivity index (χ0n) is 18.1. The first kappa shape index (κ1) is 25.4. The number of likely N-dealkylation sites (N-methyl/N-ethyl adjacent to an activating group) is 1. The third kappa shape index (κ3) is 5.68. The molecule has 0 N–H and O–H groups in total. The molecule has 0 radical (unpaired) electrons. The van der Waals surface area contributed by atoms with Gasteiger partial charge in [0.15, 0.2) is 16.6 Å². The molecule has 2 aromatic carbocycles. The number of ether oxygens (including phenoxy) is 2. The molecule has 9 heteroatoms. The lowest BCUT2D eigenvalue weighted by atomic mass is 10.2. The number of carbonyl (C=O) groups is 1. The number of thiazole rings is 1. The molecule has 168 valence electrons. The van der Waals surface area contributed by atoms with Crippen molar-refractivity contribution in [3.8, 4) is 11.5 Å². The first-order valence-corrected chi connectivity index (χ1v) is 11.4. The van der Waals surface area contributed by atoms with Crippen LogP contribution >= 0.6 is 39.7 Å². The van der Waals surface area contributed by atoms with Gasteiger partial charge in [-0.3, -0.25) is 9.69 Å². The molecule has 0 aliphatic rings. The zero-order chi connectivity index (χ0) is 21.7. The molecule has 0 aliphatic heterocycles. The maximum Gasteiger partial charge on any atom is 0.261 e. The van der Waals surface area contributed by atoms with Crippen molar-refractivity contribution in [2.24, 2.45) is 0 Å². The number of hydrogen-bond acceptors (Lipinski definition) is 6. The Labute approximate surface area is 201 Å². The van der Waals surface area contributed by atoms with Gasteiger partial charge in [-0.2, -0.15) is 0 Å². The van der Waals surface area contributed by atoms with Gasteiger partial charge in [-0.15, -0.1) is 12.4 Å². The van der Waals surface area contributed by atoms with Crippen LogP contribution in [-0.4, -0.2) is 56.2 Å². The Bertz CT molecular complexity index is 985. The molecular weight excluding hydrogens is 502 g/mol. The molecule has 0 atom stereocenters. The van der Waals surface area contributed by atoms with Crippen molar-refractivity contribution in [2.45, 2.75) is 13.8 Å². The van der Waals surface area contributed by atoms with E-state index in [4.69, 9.17) is 14.5 Å². The third-order valence-electron chi connectivity index (χ3n) is 5.00. The van der Waals surface area contributed by atoms with Crippen LogP contribution in [0.3, 0.4) is 0 Å². The van der Waals surface area contributed by atoms with Crippen molar-refractivity contribution in [1.82, 2.24) is 9.88 Å². The summed E-state index contributed by atoms with van der Waals surface area (Å²) >= 11 is 4.98. The van der Waals surface area contributed by atoms with Gasteiger partial charge in [0.1, 0.15) is 0 Å². The maximum atomic E-state index is 13.5. The number of methoxy groups -OCH3 is 2. The Kier molecular flexibility index (Phi) is 9.55. The van der Waals surface area contributed by atoms with Crippen molar-refractivity contribution >= 4 is 60.9 Å². The molecule has 0 spiro atoms. The Balaban J connectivity index is 0.00000341. The SMILES string of the molecule is CCN(CC)CCN(C(=O)c1ccccc1Br)c1nc2cc(OC)c(OC)cc2s1.Cl. The van der Waals surface area contributed by atoms with E-state index in [9.17, 15) is 4.79 Å². The first-order valence-electron chi connectivity index (χ1n) is 9.83. The highest BCUT2D eigenvalue weighted by molar-refractivity contribution is 9.10. The molecule has 0 saturated carbocycles. The third-order valence-corrected chi connectivity index (χ3v) is 6.73. The summed E-state index contributed by atoms with van der Waals surface area (Å²) < 4.78 is 12.5. The van der Waals surface area contributed by atoms with Crippen LogP contribution in [0, 0.1) is 0 Å². The quantitative estimate of drug-likeness (QED) is 0.368. The van der Waals surface area contributed by atoms with Gasteiger partial charge in [0.05, 0.1) is 30.0 Å². The highest BCUT2D eigenvalue weighted by Gasteiger charge is 2.24. The van der Waals surface area contributed by atoms with Gasteiger partial charge in [-0.1, -0.05) is 37.3 Å². The number of fused-ring (bicyclic) bond motifs is 1. The summed E-state index contributed by atoms with van der Waals surface area (Å²) in [5.41, 5.74) is 1.40. The van der Waals surface area contributed by atoms with Crippen LogP contribution in [0.1, 0.15) is 24.2 Å². The molecule has 0 fully saturated rings. The highest BCUT2D eigenvalue weighted by Crippen LogP contribution is 2.37. The number of rotatable bonds is 9. The maximum absolute atomic E-state index is 13.5. The number of anilines is 1. The van der Waals surface area contributed by atoms with E-state index in [0.717, 1.165) is 34.3 Å². The fourth-order valence-corrected chi connectivity index (χ4v) is 4.66. The summed E-state index contributed by atoms with van der Waals surface area (Å²) in [6.45, 7) is 7.44. The van der Waals surface area contributed by atoms with E-state index >= 15 is 0 Å². The summed E-state index contributed by atoms with van der Waals surface area (Å²) in [7, 11) is 3.21. The lowest BCUT2D eigenvalue weighted by Crippen LogP contribution is -2.39. The Morgan fingerprint density at radius 2 is 1.71 bits per heavy atom. The van der Waals surface area contributed by atoms with Crippen LogP contribution in [0.25, 0.3) is 10.2 Å². The van der Waals surface area contributed by atoms with Crippen molar-refractivity contribution in [1.29, 1.82) is 0 Å². The number of benzene rings is 2. The minimum atomic E-state index is -0.0763. The van der Waals surface area contributed by atoms with E-state index in [1.54, 1.807) is 19.1 Å². The summed E-state index contributed by atoms with van der Waals surface area (Å²) in [6, 6.07) is 11.2. The molecule has 0 unspecified atom stereocenters. The summed E-state index contributed by atoms with van der Waals surface area (Å²) in [5.74, 6) is 1.19. The summed E-state index contributed by atoms with van der Waals surface area (Å²) in [5, 5.41) is 0.660. The largest absolute Gasteiger partial charge is 0.493 e. The lowest BCUT2D eigenvalue weighted by molar-refractivity contribution is 0.0983. The fourth-order valence-electron chi connectivity index (χ4n) is 3.20. The normalized spacial score (nSPS) is 10.8. The molecule has 6 nitrogen and oxygen atoms in total. The Morgan fingerprint density at radius 3 is 2.32 bits per heavy atom. The van der Waals surface area contributed by atoms with Crippen LogP contribution < -0.4 is 14.4 Å². The van der Waals surface area contributed by atoms with E-state index in [2.05, 4.69) is 34.7 Å². The smallest absolute Gasteiger partial charge is 0.261 e. The first-order chi connectivity index (χ1) is 14.5. The zero-order valence-corrected chi connectivity index (χ0v) is 21.3. The van der Waals surface area contributed by atoms with E-state index < -0.39 is 0 Å². The fraction of sp³-hybridized carbons (Fsp3) is 0.364. The number of aromatic nitrogens is 1. The minimum Gasteiger partial charge on any atom is -0.493 e. The minimum absolute atomic E-state index is 0. The van der Waals surface area contributed by atoms with Gasteiger partial charge in [-0.05, 0) is 41.2 Å². The van der Waals surface area contributed by atoms with Crippen molar-refractivity contribution in [2.75, 3.05) is 45.3 Å². The second kappa shape index (κ2) is 11.7. The summed E-state index contributed by atoms with van der Waals surface area (Å²) in [4.78, 5) is 22.3. The second-order valence-electron chi connectivity index (χ2n) is 6.63. The number of amides is 1. The van der Waals surface area contributed by atoms with E-state index in [-0.39, 0.29) is 18.3 Å². The van der Waals surface area contributed by atoms with Crippen LogP contribution in [0.15, 0.2) is 40.9 Å². The Hall–Kier alpha value is -1.87. The average molecular weight is 529 g/mol. The lowest BCUT2D eigenvalue weighted by Gasteiger charge is -2.25. The predicted octanol–water partition coefficient (Wildman–Crippen LogP) is 5.49.